The Bertz CT molecular complexity index is 495. The minimum Gasteiger partial charge on any atom is -0.360 e. The zero-order valence-electron chi connectivity index (χ0n) is 9.81. The lowest BCUT2D eigenvalue weighted by atomic mass is 10.1. The number of benzene rings is 1. The van der Waals surface area contributed by atoms with Crippen LogP contribution >= 0.6 is 0 Å². The Hall–Kier alpha value is -2.09. The molecule has 2 nitrogen and oxygen atoms in total. The third kappa shape index (κ3) is 3.18. The summed E-state index contributed by atoms with van der Waals surface area (Å²) < 4.78 is 0. The van der Waals surface area contributed by atoms with Gasteiger partial charge in [0.05, 0.1) is 0 Å². The topological polar surface area (TPSA) is 29.1 Å². The number of nitrogens with one attached hydrogen (secondary N) is 1. The molecule has 0 fully saturated rings. The lowest BCUT2D eigenvalue weighted by Gasteiger charge is -2.11. The fraction of sp³-hybridized carbons (Fsp3) is 0.133. The summed E-state index contributed by atoms with van der Waals surface area (Å²) in [5, 5.41) is 3.21. The third-order valence-corrected chi connectivity index (χ3v) is 2.58. The first-order valence-electron chi connectivity index (χ1n) is 5.67. The molecule has 0 amide bonds. The number of hydrogen-bond acceptors (Lipinski definition) is 2. The van der Waals surface area contributed by atoms with Gasteiger partial charge in [0.2, 0.25) is 0 Å². The van der Waals surface area contributed by atoms with Gasteiger partial charge in [-0.15, -0.1) is 0 Å². The average molecular weight is 225 g/mol. The van der Waals surface area contributed by atoms with E-state index < -0.39 is 0 Å². The van der Waals surface area contributed by atoms with Crippen molar-refractivity contribution in [2.24, 2.45) is 0 Å². The van der Waals surface area contributed by atoms with Gasteiger partial charge in [-0.3, -0.25) is 4.79 Å². The molecule has 1 aromatic carbocycles. The van der Waals surface area contributed by atoms with Crippen molar-refractivity contribution in [3.63, 3.8) is 0 Å². The van der Waals surface area contributed by atoms with E-state index in [1.807, 2.05) is 43.3 Å². The third-order valence-electron chi connectivity index (χ3n) is 2.58. The molecule has 0 spiro atoms. The maximum Gasteiger partial charge on any atom is 0.185 e. The lowest BCUT2D eigenvalue weighted by Crippen LogP contribution is -2.12. The molecule has 0 saturated heterocycles. The number of hydrogen-bond donors (Lipinski definition) is 1. The van der Waals surface area contributed by atoms with Gasteiger partial charge in [0.15, 0.2) is 5.78 Å². The van der Waals surface area contributed by atoms with Crippen LogP contribution < -0.4 is 5.32 Å². The first kappa shape index (κ1) is 11.4. The van der Waals surface area contributed by atoms with Gasteiger partial charge in [-0.25, -0.2) is 0 Å². The van der Waals surface area contributed by atoms with Crippen LogP contribution in [-0.2, 0) is 0 Å². The van der Waals surface area contributed by atoms with E-state index in [1.54, 1.807) is 6.08 Å². The highest BCUT2D eigenvalue weighted by Gasteiger charge is 2.02. The predicted octanol–water partition coefficient (Wildman–Crippen LogP) is 3.21. The Morgan fingerprint density at radius 3 is 2.71 bits per heavy atom. The average Bonchev–Trinajstić information content (AvgIpc) is 2.37. The summed E-state index contributed by atoms with van der Waals surface area (Å²) in [5.74, 6) is 0.0282. The Morgan fingerprint density at radius 2 is 2.00 bits per heavy atom. The highest BCUT2D eigenvalue weighted by atomic mass is 16.1. The number of carbonyl (C=O) groups is 1. The van der Waals surface area contributed by atoms with Crippen LogP contribution in [-0.4, -0.2) is 5.78 Å². The van der Waals surface area contributed by atoms with E-state index in [4.69, 9.17) is 0 Å². The summed E-state index contributed by atoms with van der Waals surface area (Å²) in [7, 11) is 0. The van der Waals surface area contributed by atoms with Crippen LogP contribution in [0.25, 0.3) is 0 Å². The van der Waals surface area contributed by atoms with Crippen LogP contribution in [0.15, 0.2) is 66.0 Å². The molecule has 2 heteroatoms. The predicted molar refractivity (Wildman–Crippen MR) is 69.5 cm³/mol. The van der Waals surface area contributed by atoms with Gasteiger partial charge in [-0.05, 0) is 25.5 Å². The minimum absolute atomic E-state index is 0.0282. The molecule has 0 atom stereocenters. The van der Waals surface area contributed by atoms with Gasteiger partial charge in [0.25, 0.3) is 0 Å². The van der Waals surface area contributed by atoms with Crippen LogP contribution in [0.5, 0.6) is 0 Å². The summed E-state index contributed by atoms with van der Waals surface area (Å²) in [6.07, 6.45) is 8.51. The molecule has 0 aliphatic carbocycles. The van der Waals surface area contributed by atoms with Crippen molar-refractivity contribution in [1.82, 2.24) is 5.32 Å². The summed E-state index contributed by atoms with van der Waals surface area (Å²) >= 11 is 0. The summed E-state index contributed by atoms with van der Waals surface area (Å²) in [4.78, 5) is 11.8. The number of carbonyl (C=O) groups excluding carboxylic acids is 1. The Kier molecular flexibility index (Phi) is 3.55. The highest BCUT2D eigenvalue weighted by molar-refractivity contribution is 6.04. The van der Waals surface area contributed by atoms with Gasteiger partial charge in [-0.1, -0.05) is 42.5 Å². The van der Waals surface area contributed by atoms with Crippen molar-refractivity contribution in [3.05, 3.63) is 71.6 Å². The first-order valence-corrected chi connectivity index (χ1v) is 5.67. The molecule has 2 rings (SSSR count). The molecular weight excluding hydrogens is 210 g/mol. The van der Waals surface area contributed by atoms with Gasteiger partial charge in [0.1, 0.15) is 0 Å². The van der Waals surface area contributed by atoms with E-state index >= 15 is 0 Å². The van der Waals surface area contributed by atoms with Crippen LogP contribution in [0.3, 0.4) is 0 Å². The zero-order chi connectivity index (χ0) is 12.1. The standard InChI is InChI=1S/C15H15NO/c1-12-6-5-9-14(16-12)10-11-15(17)13-7-3-2-4-8-13/h2-4,6-11,16H,5H2,1H3/b11-10+. The van der Waals surface area contributed by atoms with Crippen molar-refractivity contribution < 1.29 is 4.79 Å². The second-order valence-corrected chi connectivity index (χ2v) is 3.97. The van der Waals surface area contributed by atoms with Gasteiger partial charge < -0.3 is 5.32 Å². The molecule has 86 valence electrons. The van der Waals surface area contributed by atoms with Gasteiger partial charge >= 0.3 is 0 Å². The number of allylic oxidation sites excluding steroid dienone is 5. The number of dihydropyridines is 1. The summed E-state index contributed by atoms with van der Waals surface area (Å²) in [5.41, 5.74) is 2.82. The van der Waals surface area contributed by atoms with Crippen molar-refractivity contribution >= 4 is 5.78 Å². The molecule has 0 saturated carbocycles. The summed E-state index contributed by atoms with van der Waals surface area (Å²) in [6.45, 7) is 2.01. The first-order chi connectivity index (χ1) is 8.25. The second-order valence-electron chi connectivity index (χ2n) is 3.97. The molecule has 1 aliphatic rings. The molecule has 17 heavy (non-hydrogen) atoms. The molecular formula is C15H15NO. The van der Waals surface area contributed by atoms with Crippen LogP contribution in [0.2, 0.25) is 0 Å². The van der Waals surface area contributed by atoms with E-state index in [0.717, 1.165) is 17.8 Å². The van der Waals surface area contributed by atoms with Crippen LogP contribution in [0.1, 0.15) is 23.7 Å². The number of ketones is 1. The quantitative estimate of drug-likeness (QED) is 0.632. The molecule has 1 aromatic rings. The molecule has 0 unspecified atom stereocenters. The van der Waals surface area contributed by atoms with Crippen molar-refractivity contribution in [1.29, 1.82) is 0 Å². The highest BCUT2D eigenvalue weighted by Crippen LogP contribution is 2.08. The zero-order valence-corrected chi connectivity index (χ0v) is 9.81. The maximum atomic E-state index is 11.8. The smallest absolute Gasteiger partial charge is 0.185 e. The van der Waals surface area contributed by atoms with E-state index in [0.29, 0.717) is 5.56 Å². The molecule has 1 N–H and O–H groups in total. The van der Waals surface area contributed by atoms with Gasteiger partial charge in [0, 0.05) is 17.0 Å². The SMILES string of the molecule is CC1=CCC=C(/C=C/C(=O)c2ccccc2)N1. The van der Waals surface area contributed by atoms with Crippen molar-refractivity contribution in [3.8, 4) is 0 Å². The monoisotopic (exact) mass is 225 g/mol. The van der Waals surface area contributed by atoms with Crippen molar-refractivity contribution in [2.75, 3.05) is 0 Å². The minimum atomic E-state index is 0.0282. The number of rotatable bonds is 3. The van der Waals surface area contributed by atoms with E-state index in [-0.39, 0.29) is 5.78 Å². The summed E-state index contributed by atoms with van der Waals surface area (Å²) in [6, 6.07) is 9.28. The normalized spacial score (nSPS) is 15.1. The molecule has 0 radical (unpaired) electrons. The largest absolute Gasteiger partial charge is 0.360 e. The molecule has 1 heterocycles. The maximum absolute atomic E-state index is 11.8. The fourth-order valence-corrected chi connectivity index (χ4v) is 1.67. The van der Waals surface area contributed by atoms with E-state index in [2.05, 4.69) is 17.5 Å². The molecule has 0 aromatic heterocycles. The van der Waals surface area contributed by atoms with E-state index in [9.17, 15) is 4.79 Å². The Labute approximate surface area is 101 Å². The molecule has 0 bridgehead atoms. The van der Waals surface area contributed by atoms with Crippen molar-refractivity contribution in [2.45, 2.75) is 13.3 Å². The van der Waals surface area contributed by atoms with E-state index in [1.165, 1.54) is 0 Å². The van der Waals surface area contributed by atoms with Gasteiger partial charge in [-0.2, -0.15) is 0 Å². The fourth-order valence-electron chi connectivity index (χ4n) is 1.67. The Morgan fingerprint density at radius 1 is 1.24 bits per heavy atom. The van der Waals surface area contributed by atoms with Crippen LogP contribution in [0.4, 0.5) is 0 Å². The molecule has 1 aliphatic heterocycles. The second kappa shape index (κ2) is 5.30. The lowest BCUT2D eigenvalue weighted by molar-refractivity contribution is 0.104. The van der Waals surface area contributed by atoms with Crippen LogP contribution in [0, 0.1) is 0 Å². The Balaban J connectivity index is 2.02.